The molecule has 11 nitrogen and oxygen atoms in total. The summed E-state index contributed by atoms with van der Waals surface area (Å²) >= 11 is 0. The fourth-order valence-electron chi connectivity index (χ4n) is 1.29. The van der Waals surface area contributed by atoms with E-state index in [-0.39, 0.29) is 39.9 Å². The van der Waals surface area contributed by atoms with Crippen molar-refractivity contribution in [2.24, 2.45) is 0 Å². The van der Waals surface area contributed by atoms with Gasteiger partial charge in [0.2, 0.25) is 0 Å². The van der Waals surface area contributed by atoms with Gasteiger partial charge in [0.25, 0.3) is 0 Å². The van der Waals surface area contributed by atoms with E-state index in [4.69, 9.17) is 0 Å². The molecule has 0 fully saturated rings. The van der Waals surface area contributed by atoms with Gasteiger partial charge in [0.1, 0.15) is 0 Å². The van der Waals surface area contributed by atoms with E-state index in [1.807, 2.05) is 0 Å². The molecule has 12 heteroatoms. The maximum Gasteiger partial charge on any atom is 3.00 e. The zero-order chi connectivity index (χ0) is 15.0. The summed E-state index contributed by atoms with van der Waals surface area (Å²) in [6.45, 7) is -4.01. The quantitative estimate of drug-likeness (QED) is 0.237. The summed E-state index contributed by atoms with van der Waals surface area (Å²) in [6, 6.07) is 0. The second-order valence-electron chi connectivity index (χ2n) is 3.55. The van der Waals surface area contributed by atoms with E-state index in [9.17, 15) is 40.1 Å². The maximum atomic E-state index is 10.4. The number of carbonyl (C=O) groups is 3. The van der Waals surface area contributed by atoms with Gasteiger partial charge in [-0.15, -0.1) is 0 Å². The first-order valence-electron chi connectivity index (χ1n) is 4.86. The summed E-state index contributed by atoms with van der Waals surface area (Å²) < 4.78 is 0. The molecule has 0 saturated heterocycles. The summed E-state index contributed by atoms with van der Waals surface area (Å²) in [5.41, 5.74) is 0. The minimum atomic E-state index is -1.62. The first-order valence-corrected chi connectivity index (χ1v) is 4.86. The summed E-state index contributed by atoms with van der Waals surface area (Å²) in [5, 5.41) is 50.8. The Kier molecular flexibility index (Phi) is 12.2. The van der Waals surface area contributed by atoms with E-state index in [0.717, 1.165) is 4.90 Å². The molecule has 0 N–H and O–H groups in total. The molecule has 0 heterocycles. The molecule has 115 valence electrons. The molecule has 1 radical (unpaired) electrons. The number of carbonyl (C=O) groups excluding carboxylic acids is 3. The van der Waals surface area contributed by atoms with Crippen molar-refractivity contribution in [2.45, 2.75) is 0 Å². The Bertz CT molecular complexity index is 324. The Morgan fingerprint density at radius 2 is 1.05 bits per heavy atom. The molecule has 0 saturated carbocycles. The third-order valence-corrected chi connectivity index (χ3v) is 1.77. The molecule has 20 heavy (non-hydrogen) atoms. The molecule has 0 aromatic rings. The van der Waals surface area contributed by atoms with Gasteiger partial charge < -0.3 is 45.3 Å². The third kappa shape index (κ3) is 12.6. The second kappa shape index (κ2) is 11.2. The van der Waals surface area contributed by atoms with Crippen LogP contribution in [0.4, 0.5) is 0 Å². The molecular formula is C8H10GdN3O8-2. The SMILES string of the molecule is O=C([O-])CN(CC(=O)[O-])CN(CC(=O)[O-])CN([O-])[O-].[Gd+3]. The van der Waals surface area contributed by atoms with Crippen molar-refractivity contribution in [1.82, 2.24) is 15.0 Å². The van der Waals surface area contributed by atoms with Crippen molar-refractivity contribution in [3.05, 3.63) is 10.4 Å². The average Bonchev–Trinajstić information content (AvgIpc) is 2.11. The first kappa shape index (κ1) is 21.8. The zero-order valence-corrected chi connectivity index (χ0v) is 12.3. The van der Waals surface area contributed by atoms with Crippen LogP contribution in [0.1, 0.15) is 0 Å². The fourth-order valence-corrected chi connectivity index (χ4v) is 1.29. The molecule has 0 aliphatic carbocycles. The Balaban J connectivity index is 0. The van der Waals surface area contributed by atoms with Crippen molar-refractivity contribution in [1.29, 1.82) is 0 Å². The van der Waals surface area contributed by atoms with Crippen molar-refractivity contribution < 1.29 is 69.6 Å². The predicted octanol–water partition coefficient (Wildman–Crippen LogP) is -5.95. The van der Waals surface area contributed by atoms with Gasteiger partial charge in [-0.25, -0.2) is 0 Å². The molecule has 0 aromatic carbocycles. The molecule has 0 atom stereocenters. The molecule has 0 amide bonds. The number of aliphatic carboxylic acids is 3. The molecule has 0 spiro atoms. The monoisotopic (exact) mass is 434 g/mol. The Labute approximate surface area is 145 Å². The summed E-state index contributed by atoms with van der Waals surface area (Å²) in [6.07, 6.45) is 0. The van der Waals surface area contributed by atoms with Crippen LogP contribution in [0.15, 0.2) is 0 Å². The summed E-state index contributed by atoms with van der Waals surface area (Å²) in [5.74, 6) is -4.85. The van der Waals surface area contributed by atoms with Crippen LogP contribution in [0.3, 0.4) is 0 Å². The number of hydrogen-bond acceptors (Lipinski definition) is 11. The number of carboxylic acids is 3. The number of hydrogen-bond donors (Lipinski definition) is 0. The predicted molar refractivity (Wildman–Crippen MR) is 51.6 cm³/mol. The van der Waals surface area contributed by atoms with Crippen LogP contribution >= 0.6 is 0 Å². The van der Waals surface area contributed by atoms with Gasteiger partial charge in [-0.2, -0.15) is 0 Å². The van der Waals surface area contributed by atoms with Gasteiger partial charge in [-0.1, -0.05) is 0 Å². The molecule has 0 rings (SSSR count). The summed E-state index contributed by atoms with van der Waals surface area (Å²) in [4.78, 5) is 32.5. The molecule has 0 aliphatic rings. The summed E-state index contributed by atoms with van der Waals surface area (Å²) in [7, 11) is 0. The third-order valence-electron chi connectivity index (χ3n) is 1.77. The number of hydroxylamine groups is 2. The van der Waals surface area contributed by atoms with Crippen molar-refractivity contribution in [3.63, 3.8) is 0 Å². The van der Waals surface area contributed by atoms with Gasteiger partial charge in [-0.05, 0) is 0 Å². The number of carboxylic acid groups (broad SMARTS) is 3. The first-order chi connectivity index (χ1) is 8.70. The van der Waals surface area contributed by atoms with Crippen LogP contribution in [-0.2, 0) is 14.4 Å². The van der Waals surface area contributed by atoms with Crippen molar-refractivity contribution in [3.8, 4) is 0 Å². The second-order valence-corrected chi connectivity index (χ2v) is 3.55. The van der Waals surface area contributed by atoms with Crippen LogP contribution in [0.2, 0.25) is 0 Å². The average molecular weight is 433 g/mol. The minimum Gasteiger partial charge on any atom is -0.796 e. The van der Waals surface area contributed by atoms with Gasteiger partial charge in [0.15, 0.2) is 0 Å². The van der Waals surface area contributed by atoms with Crippen molar-refractivity contribution >= 4 is 17.9 Å². The van der Waals surface area contributed by atoms with Gasteiger partial charge in [-0.3, -0.25) is 9.80 Å². The topological polar surface area (TPSA) is 176 Å². The van der Waals surface area contributed by atoms with Gasteiger partial charge in [0, 0.05) is 26.3 Å². The Hall–Kier alpha value is -0.465. The molecule has 0 aromatic heterocycles. The van der Waals surface area contributed by atoms with Crippen LogP contribution in [0.5, 0.6) is 0 Å². The standard InChI is InChI=1S/C8H13N3O8.Gd/c12-6(13)1-9(2-7(14)15)4-10(3-8(16)17)5-11(18)19;/h1-5H2,(H,12,13)(H,14,15)(H,16,17);/q-2;+3/p-3. The van der Waals surface area contributed by atoms with E-state index in [1.165, 1.54) is 0 Å². The number of rotatable bonds is 10. The van der Waals surface area contributed by atoms with E-state index in [1.54, 1.807) is 0 Å². The largest absolute Gasteiger partial charge is 3.00 e. The molecule has 0 unspecified atom stereocenters. The van der Waals surface area contributed by atoms with Gasteiger partial charge in [0.05, 0.1) is 24.6 Å². The minimum absolute atomic E-state index is 0. The smallest absolute Gasteiger partial charge is 0.796 e. The molecule has 0 bridgehead atoms. The van der Waals surface area contributed by atoms with Crippen LogP contribution in [0, 0.1) is 50.4 Å². The van der Waals surface area contributed by atoms with Gasteiger partial charge >= 0.3 is 39.9 Å². The maximum absolute atomic E-state index is 10.4. The fraction of sp³-hybridized carbons (Fsp3) is 0.625. The molecular weight excluding hydrogens is 423 g/mol. The Morgan fingerprint density at radius 1 is 0.700 bits per heavy atom. The van der Waals surface area contributed by atoms with E-state index in [2.05, 4.69) is 0 Å². The van der Waals surface area contributed by atoms with E-state index in [0.29, 0.717) is 4.90 Å². The van der Waals surface area contributed by atoms with E-state index < -0.39 is 56.1 Å². The van der Waals surface area contributed by atoms with Crippen LogP contribution in [0.25, 0.3) is 0 Å². The zero-order valence-electron chi connectivity index (χ0n) is 10.00. The Morgan fingerprint density at radius 3 is 1.35 bits per heavy atom. The molecule has 0 aliphatic heterocycles. The number of nitrogens with zero attached hydrogens (tertiary/aromatic N) is 3. The van der Waals surface area contributed by atoms with Crippen LogP contribution < -0.4 is 15.3 Å². The van der Waals surface area contributed by atoms with Crippen LogP contribution in [-0.4, -0.2) is 65.9 Å². The van der Waals surface area contributed by atoms with Crippen molar-refractivity contribution in [2.75, 3.05) is 33.0 Å². The normalized spacial score (nSPS) is 10.7. The van der Waals surface area contributed by atoms with E-state index >= 15 is 0 Å².